The first kappa shape index (κ1) is 16.5. The Labute approximate surface area is 149 Å². The number of hydrogen-bond donors (Lipinski definition) is 0. The molecular formula is C16H10BrN2O4S-. The summed E-state index contributed by atoms with van der Waals surface area (Å²) in [7, 11) is 0. The van der Waals surface area contributed by atoms with Crippen molar-refractivity contribution >= 4 is 39.7 Å². The minimum absolute atomic E-state index is 0.0876. The topological polar surface area (TPSA) is 92.2 Å². The van der Waals surface area contributed by atoms with Gasteiger partial charge in [-0.25, -0.2) is 0 Å². The minimum atomic E-state index is -1.35. The van der Waals surface area contributed by atoms with E-state index in [2.05, 4.69) is 26.1 Å². The fourth-order valence-electron chi connectivity index (χ4n) is 1.87. The molecule has 0 N–H and O–H groups in total. The van der Waals surface area contributed by atoms with Crippen LogP contribution in [0.3, 0.4) is 0 Å². The van der Waals surface area contributed by atoms with Crippen molar-refractivity contribution < 1.29 is 18.7 Å². The van der Waals surface area contributed by atoms with Gasteiger partial charge in [-0.1, -0.05) is 28.1 Å². The third-order valence-electron chi connectivity index (χ3n) is 2.93. The first-order valence-electron chi connectivity index (χ1n) is 6.78. The number of halogens is 1. The summed E-state index contributed by atoms with van der Waals surface area (Å²) < 4.78 is 11.8. The first-order chi connectivity index (χ1) is 11.5. The van der Waals surface area contributed by atoms with Gasteiger partial charge >= 0.3 is 0 Å². The van der Waals surface area contributed by atoms with Gasteiger partial charge in [-0.15, -0.1) is 10.2 Å². The van der Waals surface area contributed by atoms with Crippen molar-refractivity contribution in [1.29, 1.82) is 0 Å². The summed E-state index contributed by atoms with van der Waals surface area (Å²) in [6, 6.07) is 11.0. The molecule has 2 aromatic heterocycles. The molecule has 0 aliphatic carbocycles. The first-order valence-corrected chi connectivity index (χ1v) is 8.39. The Morgan fingerprint density at radius 2 is 1.92 bits per heavy atom. The van der Waals surface area contributed by atoms with Crippen molar-refractivity contribution in [3.05, 3.63) is 57.4 Å². The lowest BCUT2D eigenvalue weighted by Crippen LogP contribution is -2.22. The van der Waals surface area contributed by atoms with Gasteiger partial charge in [0.05, 0.1) is 5.97 Å². The van der Waals surface area contributed by atoms with Gasteiger partial charge in [-0.05, 0) is 42.1 Å². The lowest BCUT2D eigenvalue weighted by molar-refractivity contribution is -0.298. The number of aromatic nitrogens is 2. The van der Waals surface area contributed by atoms with E-state index in [-0.39, 0.29) is 10.1 Å². The highest BCUT2D eigenvalue weighted by Gasteiger charge is 2.11. The van der Waals surface area contributed by atoms with Gasteiger partial charge < -0.3 is 18.7 Å². The molecule has 8 heteroatoms. The molecular weight excluding hydrogens is 396 g/mol. The number of benzene rings is 1. The second-order valence-corrected chi connectivity index (χ2v) is 6.60. The zero-order valence-electron chi connectivity index (χ0n) is 12.4. The number of aliphatic carboxylic acids is 1. The molecule has 122 valence electrons. The van der Waals surface area contributed by atoms with E-state index in [1.54, 1.807) is 19.1 Å². The number of thioether (sulfide) groups is 1. The minimum Gasteiger partial charge on any atom is -0.544 e. The molecule has 0 amide bonds. The van der Waals surface area contributed by atoms with Crippen LogP contribution >= 0.6 is 27.7 Å². The summed E-state index contributed by atoms with van der Waals surface area (Å²) in [4.78, 5) is 11.2. The Morgan fingerprint density at radius 3 is 2.54 bits per heavy atom. The maximum atomic E-state index is 11.3. The van der Waals surface area contributed by atoms with E-state index in [4.69, 9.17) is 8.83 Å². The van der Waals surface area contributed by atoms with Gasteiger partial charge in [0.25, 0.3) is 5.22 Å². The van der Waals surface area contributed by atoms with E-state index in [0.717, 1.165) is 21.8 Å². The quantitative estimate of drug-likeness (QED) is 0.474. The van der Waals surface area contributed by atoms with E-state index < -0.39 is 5.97 Å². The number of carboxylic acids is 1. The molecule has 6 nitrogen and oxygen atoms in total. The molecule has 0 unspecified atom stereocenters. The lowest BCUT2D eigenvalue weighted by atomic mass is 10.2. The second kappa shape index (κ2) is 7.06. The van der Waals surface area contributed by atoms with E-state index in [9.17, 15) is 9.90 Å². The molecule has 1 aromatic carbocycles. The van der Waals surface area contributed by atoms with Crippen LogP contribution in [0.2, 0.25) is 0 Å². The fourth-order valence-corrected chi connectivity index (χ4v) is 2.83. The predicted molar refractivity (Wildman–Crippen MR) is 89.7 cm³/mol. The van der Waals surface area contributed by atoms with Gasteiger partial charge in [0, 0.05) is 21.9 Å². The Morgan fingerprint density at radius 1 is 1.17 bits per heavy atom. The molecule has 0 saturated carbocycles. The van der Waals surface area contributed by atoms with Crippen molar-refractivity contribution in [3.63, 3.8) is 0 Å². The molecule has 2 heterocycles. The second-order valence-electron chi connectivity index (χ2n) is 4.69. The maximum absolute atomic E-state index is 11.3. The number of furan rings is 1. The molecule has 0 bridgehead atoms. The molecule has 0 aliphatic rings. The largest absolute Gasteiger partial charge is 0.544 e. The van der Waals surface area contributed by atoms with Crippen LogP contribution in [0.4, 0.5) is 0 Å². The van der Waals surface area contributed by atoms with E-state index >= 15 is 0 Å². The van der Waals surface area contributed by atoms with E-state index in [0.29, 0.717) is 17.4 Å². The third-order valence-corrected chi connectivity index (χ3v) is 4.31. The molecule has 3 aromatic rings. The van der Waals surface area contributed by atoms with Crippen LogP contribution in [-0.2, 0) is 4.79 Å². The van der Waals surface area contributed by atoms with Gasteiger partial charge in [0.15, 0.2) is 0 Å². The zero-order chi connectivity index (χ0) is 17.1. The van der Waals surface area contributed by atoms with Crippen LogP contribution in [0, 0.1) is 6.92 Å². The van der Waals surface area contributed by atoms with Crippen LogP contribution in [0.15, 0.2) is 59.8 Å². The van der Waals surface area contributed by atoms with Gasteiger partial charge in [0.1, 0.15) is 11.5 Å². The highest BCUT2D eigenvalue weighted by atomic mass is 79.9. The van der Waals surface area contributed by atoms with Gasteiger partial charge in [-0.2, -0.15) is 0 Å². The molecule has 0 radical (unpaired) electrons. The highest BCUT2D eigenvalue weighted by Crippen LogP contribution is 2.29. The Kier molecular flexibility index (Phi) is 4.86. The summed E-state index contributed by atoms with van der Waals surface area (Å²) in [5, 5.41) is 18.8. The Balaban J connectivity index is 1.85. The number of nitrogens with zero attached hydrogens (tertiary/aromatic N) is 2. The lowest BCUT2D eigenvalue weighted by Gasteiger charge is -2.04. The van der Waals surface area contributed by atoms with Crippen molar-refractivity contribution in [2.45, 2.75) is 12.1 Å². The molecule has 0 atom stereocenters. The molecule has 0 fully saturated rings. The summed E-state index contributed by atoms with van der Waals surface area (Å²) in [5.74, 6) is 0.0177. The monoisotopic (exact) mass is 405 g/mol. The summed E-state index contributed by atoms with van der Waals surface area (Å²) in [5.41, 5.74) is 0.882. The zero-order valence-corrected chi connectivity index (χ0v) is 14.8. The number of hydrogen-bond acceptors (Lipinski definition) is 7. The molecule has 0 saturated heterocycles. The Bertz CT molecular complexity index is 899. The Hall–Kier alpha value is -2.32. The van der Waals surface area contributed by atoms with E-state index in [1.165, 1.54) is 6.08 Å². The van der Waals surface area contributed by atoms with Crippen LogP contribution in [-0.4, -0.2) is 16.2 Å². The number of carbonyl (C=O) groups excluding carboxylic acids is 1. The van der Waals surface area contributed by atoms with Crippen LogP contribution < -0.4 is 5.11 Å². The van der Waals surface area contributed by atoms with Crippen molar-refractivity contribution in [2.24, 2.45) is 0 Å². The van der Waals surface area contributed by atoms with Crippen molar-refractivity contribution in [2.75, 3.05) is 0 Å². The average molecular weight is 406 g/mol. The third kappa shape index (κ3) is 3.95. The number of carboxylic acid groups (broad SMARTS) is 1. The summed E-state index contributed by atoms with van der Waals surface area (Å²) in [6.07, 6.45) is 1.36. The number of rotatable bonds is 5. The predicted octanol–water partition coefficient (Wildman–Crippen LogP) is 3.28. The average Bonchev–Trinajstić information content (AvgIpc) is 3.17. The fraction of sp³-hybridized carbons (Fsp3) is 0.0625. The smallest absolute Gasteiger partial charge is 0.281 e. The normalized spacial score (nSPS) is 11.7. The van der Waals surface area contributed by atoms with Crippen molar-refractivity contribution in [3.8, 4) is 11.3 Å². The SMILES string of the molecule is Cc1nnc(S/C(=C/c2ccc(-c3ccc(Br)cc3)o2)C(=O)[O-])o1. The molecule has 3 rings (SSSR count). The summed E-state index contributed by atoms with van der Waals surface area (Å²) >= 11 is 4.18. The number of aryl methyl sites for hydroxylation is 1. The van der Waals surface area contributed by atoms with Crippen molar-refractivity contribution in [1.82, 2.24) is 10.2 Å². The van der Waals surface area contributed by atoms with Crippen LogP contribution in [0.25, 0.3) is 17.4 Å². The number of carbonyl (C=O) groups is 1. The van der Waals surface area contributed by atoms with E-state index in [1.807, 2.05) is 24.3 Å². The van der Waals surface area contributed by atoms with Crippen LogP contribution in [0.5, 0.6) is 0 Å². The highest BCUT2D eigenvalue weighted by molar-refractivity contribution is 9.10. The van der Waals surface area contributed by atoms with Gasteiger partial charge in [-0.3, -0.25) is 0 Å². The summed E-state index contributed by atoms with van der Waals surface area (Å²) in [6.45, 7) is 1.62. The molecule has 24 heavy (non-hydrogen) atoms. The van der Waals surface area contributed by atoms with Crippen LogP contribution in [0.1, 0.15) is 11.7 Å². The molecule has 0 aliphatic heterocycles. The van der Waals surface area contributed by atoms with Gasteiger partial charge in [0.2, 0.25) is 5.89 Å². The standard InChI is InChI=1S/C16H11BrN2O4S/c1-9-18-19-16(22-9)24-14(15(20)21)8-12-6-7-13(23-12)10-2-4-11(17)5-3-10/h2-8H,1H3,(H,20,21)/p-1/b14-8+. The molecule has 0 spiro atoms. The maximum Gasteiger partial charge on any atom is 0.281 e.